The predicted octanol–water partition coefficient (Wildman–Crippen LogP) is 4.39. The van der Waals surface area contributed by atoms with Gasteiger partial charge in [0.1, 0.15) is 11.9 Å². The molecule has 10 heteroatoms. The van der Waals surface area contributed by atoms with Crippen molar-refractivity contribution in [2.45, 2.75) is 50.7 Å². The highest BCUT2D eigenvalue weighted by Gasteiger charge is 2.39. The number of pyridine rings is 1. The molecule has 2 aromatic rings. The van der Waals surface area contributed by atoms with Gasteiger partial charge in [0.25, 0.3) is 0 Å². The van der Waals surface area contributed by atoms with Gasteiger partial charge in [-0.25, -0.2) is 4.98 Å². The molecule has 0 saturated carbocycles. The highest BCUT2D eigenvalue weighted by molar-refractivity contribution is 5.80. The fourth-order valence-electron chi connectivity index (χ4n) is 5.98. The lowest BCUT2D eigenvalue weighted by Gasteiger charge is -2.34. The number of fused-ring (bicyclic) bond motifs is 1. The van der Waals surface area contributed by atoms with Gasteiger partial charge in [0.05, 0.1) is 11.5 Å². The van der Waals surface area contributed by atoms with Crippen LogP contribution in [0.25, 0.3) is 0 Å². The van der Waals surface area contributed by atoms with E-state index in [1.165, 1.54) is 17.7 Å². The van der Waals surface area contributed by atoms with Gasteiger partial charge in [-0.2, -0.15) is 13.2 Å². The first-order valence-corrected chi connectivity index (χ1v) is 13.3. The topological polar surface area (TPSA) is 85.8 Å². The molecule has 2 saturated heterocycles. The SMILES string of the molecule is O=C(O)C(c1ccc(C(F)(F)F)cc1)N1CCC(C(=O)N2CCC(Cc3ccc4c(n3)NCCC4)CC2)C1. The molecule has 2 atom stereocenters. The first-order chi connectivity index (χ1) is 18.2. The molecule has 3 aliphatic heterocycles. The van der Waals surface area contributed by atoms with Crippen molar-refractivity contribution >= 4 is 17.7 Å². The van der Waals surface area contributed by atoms with Crippen LogP contribution in [-0.4, -0.2) is 64.5 Å². The van der Waals surface area contributed by atoms with Crippen molar-refractivity contribution in [3.63, 3.8) is 0 Å². The van der Waals surface area contributed by atoms with E-state index in [4.69, 9.17) is 4.98 Å². The molecule has 4 heterocycles. The van der Waals surface area contributed by atoms with Gasteiger partial charge in [-0.1, -0.05) is 18.2 Å². The summed E-state index contributed by atoms with van der Waals surface area (Å²) in [6.45, 7) is 2.99. The zero-order valence-electron chi connectivity index (χ0n) is 21.2. The minimum Gasteiger partial charge on any atom is -0.480 e. The van der Waals surface area contributed by atoms with E-state index in [0.29, 0.717) is 32.0 Å². The molecular weight excluding hydrogens is 497 g/mol. The lowest BCUT2D eigenvalue weighted by molar-refractivity contribution is -0.144. The Hall–Kier alpha value is -3.14. The smallest absolute Gasteiger partial charge is 0.416 e. The van der Waals surface area contributed by atoms with Crippen LogP contribution in [0.1, 0.15) is 54.1 Å². The normalized spacial score (nSPS) is 21.6. The van der Waals surface area contributed by atoms with Crippen LogP contribution in [0.5, 0.6) is 0 Å². The minimum absolute atomic E-state index is 0.0404. The van der Waals surface area contributed by atoms with Gasteiger partial charge in [-0.15, -0.1) is 0 Å². The molecule has 1 aromatic heterocycles. The second-order valence-electron chi connectivity index (χ2n) is 10.7. The Kier molecular flexibility index (Phi) is 7.61. The van der Waals surface area contributed by atoms with Gasteiger partial charge in [0, 0.05) is 38.4 Å². The van der Waals surface area contributed by atoms with Crippen LogP contribution in [0.4, 0.5) is 19.0 Å². The van der Waals surface area contributed by atoms with E-state index in [1.54, 1.807) is 4.90 Å². The van der Waals surface area contributed by atoms with Crippen LogP contribution in [-0.2, 0) is 28.6 Å². The van der Waals surface area contributed by atoms with E-state index < -0.39 is 23.8 Å². The molecule has 7 nitrogen and oxygen atoms in total. The molecule has 204 valence electrons. The molecule has 1 amide bonds. The van der Waals surface area contributed by atoms with Crippen LogP contribution in [0.2, 0.25) is 0 Å². The Bertz CT molecular complexity index is 1160. The Morgan fingerprint density at radius 3 is 2.47 bits per heavy atom. The lowest BCUT2D eigenvalue weighted by atomic mass is 9.91. The highest BCUT2D eigenvalue weighted by Crippen LogP contribution is 2.34. The van der Waals surface area contributed by atoms with E-state index in [2.05, 4.69) is 17.4 Å². The number of hydrogen-bond acceptors (Lipinski definition) is 5. The zero-order valence-corrected chi connectivity index (χ0v) is 21.2. The molecule has 2 unspecified atom stereocenters. The molecule has 0 spiro atoms. The number of nitrogens with one attached hydrogen (secondary N) is 1. The fraction of sp³-hybridized carbons (Fsp3) is 0.536. The van der Waals surface area contributed by atoms with Gasteiger partial charge in [0.15, 0.2) is 0 Å². The summed E-state index contributed by atoms with van der Waals surface area (Å²) in [4.78, 5) is 33.7. The number of carbonyl (C=O) groups is 2. The average Bonchev–Trinajstić information content (AvgIpc) is 3.38. The van der Waals surface area contributed by atoms with Crippen LogP contribution < -0.4 is 5.32 Å². The number of carbonyl (C=O) groups excluding carboxylic acids is 1. The summed E-state index contributed by atoms with van der Waals surface area (Å²) in [6.07, 6.45) is 0.938. The molecule has 3 aliphatic rings. The van der Waals surface area contributed by atoms with Gasteiger partial charge < -0.3 is 15.3 Å². The van der Waals surface area contributed by atoms with Crippen LogP contribution in [0.15, 0.2) is 36.4 Å². The zero-order chi connectivity index (χ0) is 26.9. The minimum atomic E-state index is -4.48. The number of amides is 1. The molecular formula is C28H33F3N4O3. The Labute approximate surface area is 220 Å². The third kappa shape index (κ3) is 5.80. The third-order valence-corrected chi connectivity index (χ3v) is 8.10. The summed E-state index contributed by atoms with van der Waals surface area (Å²) in [7, 11) is 0. The van der Waals surface area contributed by atoms with Gasteiger partial charge in [0.2, 0.25) is 5.91 Å². The summed E-state index contributed by atoms with van der Waals surface area (Å²) in [6, 6.07) is 7.45. The largest absolute Gasteiger partial charge is 0.480 e. The van der Waals surface area contributed by atoms with E-state index in [-0.39, 0.29) is 23.9 Å². The number of rotatable bonds is 6. The number of anilines is 1. The van der Waals surface area contributed by atoms with E-state index in [1.807, 2.05) is 4.90 Å². The van der Waals surface area contributed by atoms with Crippen molar-refractivity contribution in [3.05, 3.63) is 58.8 Å². The van der Waals surface area contributed by atoms with Crippen LogP contribution in [0, 0.1) is 11.8 Å². The molecule has 2 fully saturated rings. The fourth-order valence-corrected chi connectivity index (χ4v) is 5.98. The van der Waals surface area contributed by atoms with Crippen molar-refractivity contribution < 1.29 is 27.9 Å². The quantitative estimate of drug-likeness (QED) is 0.577. The van der Waals surface area contributed by atoms with Crippen LogP contribution in [0.3, 0.4) is 0 Å². The summed E-state index contributed by atoms with van der Waals surface area (Å²) in [5.41, 5.74) is 1.82. The number of benzene rings is 1. The number of likely N-dealkylation sites (tertiary alicyclic amines) is 2. The Morgan fingerprint density at radius 1 is 1.05 bits per heavy atom. The number of aryl methyl sites for hydroxylation is 1. The van der Waals surface area contributed by atoms with Crippen molar-refractivity contribution in [3.8, 4) is 0 Å². The average molecular weight is 531 g/mol. The Balaban J connectivity index is 1.15. The van der Waals surface area contributed by atoms with E-state index in [0.717, 1.165) is 62.3 Å². The molecule has 38 heavy (non-hydrogen) atoms. The number of aromatic nitrogens is 1. The molecule has 0 bridgehead atoms. The maximum absolute atomic E-state index is 13.3. The number of alkyl halides is 3. The van der Waals surface area contributed by atoms with E-state index >= 15 is 0 Å². The van der Waals surface area contributed by atoms with Crippen molar-refractivity contribution in [2.75, 3.05) is 38.0 Å². The van der Waals surface area contributed by atoms with E-state index in [9.17, 15) is 27.9 Å². The summed E-state index contributed by atoms with van der Waals surface area (Å²) in [5.74, 6) is 0.0620. The third-order valence-electron chi connectivity index (χ3n) is 8.10. The summed E-state index contributed by atoms with van der Waals surface area (Å²) < 4.78 is 38.8. The molecule has 0 radical (unpaired) electrons. The number of piperidine rings is 1. The number of carboxylic acid groups (broad SMARTS) is 1. The van der Waals surface area contributed by atoms with Crippen LogP contribution >= 0.6 is 0 Å². The Morgan fingerprint density at radius 2 is 1.79 bits per heavy atom. The maximum atomic E-state index is 13.3. The maximum Gasteiger partial charge on any atom is 0.416 e. The summed E-state index contributed by atoms with van der Waals surface area (Å²) in [5, 5.41) is 13.2. The first kappa shape index (κ1) is 26.5. The molecule has 0 aliphatic carbocycles. The standard InChI is InChI=1S/C28H33F3N4O3/c29-28(30,31)22-6-3-19(4-7-22)24(27(37)38)35-15-11-21(17-35)26(36)34-13-9-18(10-14-34)16-23-8-5-20-2-1-12-32-25(20)33-23/h3-8,18,21,24H,1-2,9-17H2,(H,32,33)(H,37,38). The number of halogens is 3. The molecule has 5 rings (SSSR count). The highest BCUT2D eigenvalue weighted by atomic mass is 19.4. The predicted molar refractivity (Wildman–Crippen MR) is 136 cm³/mol. The van der Waals surface area contributed by atoms with Gasteiger partial charge >= 0.3 is 12.1 Å². The van der Waals surface area contributed by atoms with Gasteiger partial charge in [-0.05, 0) is 73.8 Å². The number of nitrogens with zero attached hydrogens (tertiary/aromatic N) is 3. The number of hydrogen-bond donors (Lipinski definition) is 2. The monoisotopic (exact) mass is 530 g/mol. The second-order valence-corrected chi connectivity index (χ2v) is 10.7. The van der Waals surface area contributed by atoms with Crippen molar-refractivity contribution in [1.29, 1.82) is 0 Å². The second kappa shape index (κ2) is 10.9. The van der Waals surface area contributed by atoms with Gasteiger partial charge in [-0.3, -0.25) is 14.5 Å². The number of carboxylic acids is 1. The van der Waals surface area contributed by atoms with Crippen molar-refractivity contribution in [2.24, 2.45) is 11.8 Å². The number of aliphatic carboxylic acids is 1. The lowest BCUT2D eigenvalue weighted by Crippen LogP contribution is -2.43. The van der Waals surface area contributed by atoms with Crippen molar-refractivity contribution in [1.82, 2.24) is 14.8 Å². The molecule has 1 aromatic carbocycles. The summed E-state index contributed by atoms with van der Waals surface area (Å²) >= 11 is 0. The first-order valence-electron chi connectivity index (χ1n) is 13.3. The molecule has 2 N–H and O–H groups in total.